The van der Waals surface area contributed by atoms with E-state index < -0.39 is 0 Å². The van der Waals surface area contributed by atoms with Gasteiger partial charge in [-0.05, 0) is 23.6 Å². The van der Waals surface area contributed by atoms with Crippen LogP contribution < -0.4 is 0 Å². The Balaban J connectivity index is 2.93. The summed E-state index contributed by atoms with van der Waals surface area (Å²) in [6, 6.07) is 0. The molecule has 0 aromatic heterocycles. The summed E-state index contributed by atoms with van der Waals surface area (Å²) in [6.07, 6.45) is 7.25. The quantitative estimate of drug-likeness (QED) is 0.540. The number of rotatable bonds is 1. The molecule has 1 aliphatic rings. The maximum Gasteiger partial charge on any atom is 0.0639 e. The molecule has 0 aromatic rings. The van der Waals surface area contributed by atoms with Crippen LogP contribution in [0.5, 0.6) is 0 Å². The molecule has 1 nitrogen and oxygen atoms in total. The minimum absolute atomic E-state index is 1.00. The Kier molecular flexibility index (Phi) is 2.42. The normalized spacial score (nSPS) is 20.7. The van der Waals surface area contributed by atoms with Crippen molar-refractivity contribution in [2.45, 2.75) is 13.3 Å². The molecule has 0 spiro atoms. The van der Waals surface area contributed by atoms with Crippen LogP contribution >= 0.6 is 0 Å². The SMILES string of the molecule is C=C1C=CC(CC)=CC1=NC. The van der Waals surface area contributed by atoms with Crippen molar-refractivity contribution in [2.24, 2.45) is 4.99 Å². The van der Waals surface area contributed by atoms with E-state index in [-0.39, 0.29) is 0 Å². The molecule has 1 heteroatoms. The summed E-state index contributed by atoms with van der Waals surface area (Å²) in [5, 5.41) is 0. The monoisotopic (exact) mass is 147 g/mol. The predicted molar refractivity (Wildman–Crippen MR) is 50.0 cm³/mol. The second-order valence-corrected chi connectivity index (χ2v) is 2.54. The van der Waals surface area contributed by atoms with Gasteiger partial charge in [-0.1, -0.05) is 25.7 Å². The topological polar surface area (TPSA) is 12.4 Å². The molecule has 0 atom stereocenters. The van der Waals surface area contributed by atoms with Gasteiger partial charge < -0.3 is 0 Å². The number of hydrogen-bond donors (Lipinski definition) is 0. The van der Waals surface area contributed by atoms with Crippen molar-refractivity contribution < 1.29 is 0 Å². The average molecular weight is 147 g/mol. The third-order valence-electron chi connectivity index (χ3n) is 1.80. The van der Waals surface area contributed by atoms with Crippen molar-refractivity contribution in [1.82, 2.24) is 0 Å². The van der Waals surface area contributed by atoms with Crippen molar-refractivity contribution in [1.29, 1.82) is 0 Å². The molecule has 0 aliphatic heterocycles. The number of hydrogen-bond acceptors (Lipinski definition) is 1. The van der Waals surface area contributed by atoms with Gasteiger partial charge in [-0.15, -0.1) is 0 Å². The minimum Gasteiger partial charge on any atom is -0.288 e. The highest BCUT2D eigenvalue weighted by molar-refractivity contribution is 6.11. The van der Waals surface area contributed by atoms with Crippen molar-refractivity contribution in [3.8, 4) is 0 Å². The maximum atomic E-state index is 4.12. The Hall–Kier alpha value is -1.11. The highest BCUT2D eigenvalue weighted by atomic mass is 14.7. The standard InChI is InChI=1S/C10H13N/c1-4-9-6-5-8(2)10(7-9)11-3/h5-7H,2,4H2,1,3H3. The number of aliphatic imine (C=N–C) groups is 1. The number of nitrogens with zero attached hydrogens (tertiary/aromatic N) is 1. The zero-order valence-electron chi connectivity index (χ0n) is 7.09. The molecule has 0 radical (unpaired) electrons. The highest BCUT2D eigenvalue weighted by Gasteiger charge is 2.03. The first-order valence-corrected chi connectivity index (χ1v) is 3.82. The first kappa shape index (κ1) is 7.99. The van der Waals surface area contributed by atoms with Crippen LogP contribution in [0.3, 0.4) is 0 Å². The van der Waals surface area contributed by atoms with Gasteiger partial charge in [0.15, 0.2) is 0 Å². The minimum atomic E-state index is 1.00. The summed E-state index contributed by atoms with van der Waals surface area (Å²) in [6.45, 7) is 6.01. The smallest absolute Gasteiger partial charge is 0.0639 e. The molecule has 0 bridgehead atoms. The lowest BCUT2D eigenvalue weighted by Crippen LogP contribution is -2.00. The van der Waals surface area contributed by atoms with Crippen LogP contribution in [0, 0.1) is 0 Å². The summed E-state index contributed by atoms with van der Waals surface area (Å²) >= 11 is 0. The fourth-order valence-corrected chi connectivity index (χ4v) is 1.04. The third-order valence-corrected chi connectivity index (χ3v) is 1.80. The van der Waals surface area contributed by atoms with Gasteiger partial charge in [0, 0.05) is 7.05 Å². The number of allylic oxidation sites excluding steroid dienone is 5. The first-order chi connectivity index (χ1) is 5.27. The van der Waals surface area contributed by atoms with E-state index in [4.69, 9.17) is 0 Å². The lowest BCUT2D eigenvalue weighted by atomic mass is 10.0. The fourth-order valence-electron chi connectivity index (χ4n) is 1.04. The molecule has 0 amide bonds. The molecule has 58 valence electrons. The van der Waals surface area contributed by atoms with Gasteiger partial charge in [0.25, 0.3) is 0 Å². The lowest BCUT2D eigenvalue weighted by Gasteiger charge is -2.07. The summed E-state index contributed by atoms with van der Waals surface area (Å²) in [5.41, 5.74) is 3.33. The highest BCUT2D eigenvalue weighted by Crippen LogP contribution is 2.13. The van der Waals surface area contributed by atoms with E-state index in [1.165, 1.54) is 5.57 Å². The van der Waals surface area contributed by atoms with Gasteiger partial charge in [-0.25, -0.2) is 0 Å². The molecule has 0 saturated heterocycles. The lowest BCUT2D eigenvalue weighted by molar-refractivity contribution is 1.15. The van der Waals surface area contributed by atoms with Crippen LogP contribution in [-0.2, 0) is 0 Å². The summed E-state index contributed by atoms with van der Waals surface area (Å²) in [5.74, 6) is 0. The van der Waals surface area contributed by atoms with Crippen LogP contribution in [0.25, 0.3) is 0 Å². The van der Waals surface area contributed by atoms with Gasteiger partial charge in [0.2, 0.25) is 0 Å². The first-order valence-electron chi connectivity index (χ1n) is 3.82. The Morgan fingerprint density at radius 1 is 1.45 bits per heavy atom. The van der Waals surface area contributed by atoms with Gasteiger partial charge in [-0.3, -0.25) is 4.99 Å². The van der Waals surface area contributed by atoms with Crippen LogP contribution in [0.4, 0.5) is 0 Å². The third kappa shape index (κ3) is 1.67. The van der Waals surface area contributed by atoms with E-state index in [9.17, 15) is 0 Å². The van der Waals surface area contributed by atoms with Gasteiger partial charge in [-0.2, -0.15) is 0 Å². The van der Waals surface area contributed by atoms with E-state index in [1.807, 2.05) is 6.08 Å². The van der Waals surface area contributed by atoms with Crippen molar-refractivity contribution >= 4 is 5.71 Å². The second kappa shape index (κ2) is 3.33. The molecule has 0 N–H and O–H groups in total. The zero-order chi connectivity index (χ0) is 8.27. The molecule has 1 rings (SSSR count). The van der Waals surface area contributed by atoms with Gasteiger partial charge >= 0.3 is 0 Å². The molecule has 0 unspecified atom stereocenters. The fraction of sp³-hybridized carbons (Fsp3) is 0.300. The molecule has 0 aromatic carbocycles. The van der Waals surface area contributed by atoms with E-state index in [1.54, 1.807) is 7.05 Å². The van der Waals surface area contributed by atoms with Crippen molar-refractivity contribution in [3.63, 3.8) is 0 Å². The van der Waals surface area contributed by atoms with E-state index in [2.05, 4.69) is 30.6 Å². The summed E-state index contributed by atoms with van der Waals surface area (Å²) < 4.78 is 0. The second-order valence-electron chi connectivity index (χ2n) is 2.54. The van der Waals surface area contributed by atoms with Crippen molar-refractivity contribution in [3.05, 3.63) is 36.0 Å². The molecular formula is C10H13N. The van der Waals surface area contributed by atoms with Crippen LogP contribution in [-0.4, -0.2) is 12.8 Å². The van der Waals surface area contributed by atoms with Gasteiger partial charge in [0.05, 0.1) is 5.71 Å². The maximum absolute atomic E-state index is 4.12. The summed E-state index contributed by atoms with van der Waals surface area (Å²) in [7, 11) is 1.80. The molecule has 1 aliphatic carbocycles. The molecular weight excluding hydrogens is 134 g/mol. The Labute approximate surface area is 67.8 Å². The van der Waals surface area contributed by atoms with E-state index in [0.29, 0.717) is 0 Å². The molecule has 0 saturated carbocycles. The Bertz CT molecular complexity index is 254. The van der Waals surface area contributed by atoms with Crippen LogP contribution in [0.15, 0.2) is 40.9 Å². The largest absolute Gasteiger partial charge is 0.288 e. The Morgan fingerprint density at radius 2 is 2.18 bits per heavy atom. The zero-order valence-corrected chi connectivity index (χ0v) is 7.09. The summed E-state index contributed by atoms with van der Waals surface area (Å²) in [4.78, 5) is 4.12. The van der Waals surface area contributed by atoms with Gasteiger partial charge in [0.1, 0.15) is 0 Å². The van der Waals surface area contributed by atoms with Crippen LogP contribution in [0.1, 0.15) is 13.3 Å². The predicted octanol–water partition coefficient (Wildman–Crippen LogP) is 2.52. The molecule has 0 heterocycles. The average Bonchev–Trinajstić information content (AvgIpc) is 2.05. The van der Waals surface area contributed by atoms with E-state index in [0.717, 1.165) is 17.7 Å². The Morgan fingerprint density at radius 3 is 2.73 bits per heavy atom. The van der Waals surface area contributed by atoms with E-state index >= 15 is 0 Å². The molecule has 11 heavy (non-hydrogen) atoms. The van der Waals surface area contributed by atoms with Crippen LogP contribution in [0.2, 0.25) is 0 Å². The molecule has 0 fully saturated rings. The van der Waals surface area contributed by atoms with Crippen molar-refractivity contribution in [2.75, 3.05) is 7.05 Å².